The molecule has 0 aliphatic heterocycles. The van der Waals surface area contributed by atoms with Gasteiger partial charge in [0.1, 0.15) is 0 Å². The van der Waals surface area contributed by atoms with Crippen LogP contribution in [0.1, 0.15) is 35.0 Å². The first-order valence-corrected chi connectivity index (χ1v) is 8.35. The predicted molar refractivity (Wildman–Crippen MR) is 93.2 cm³/mol. The van der Waals surface area contributed by atoms with Gasteiger partial charge in [0, 0.05) is 23.1 Å². The smallest absolute Gasteiger partial charge is 0.226 e. The van der Waals surface area contributed by atoms with Gasteiger partial charge in [-0.25, -0.2) is 4.98 Å². The summed E-state index contributed by atoms with van der Waals surface area (Å²) < 4.78 is 10.9. The fraction of sp³-hybridized carbons (Fsp3) is 0.353. The second-order valence-electron chi connectivity index (χ2n) is 5.20. The van der Waals surface area contributed by atoms with E-state index in [1.807, 2.05) is 6.92 Å². The number of nitrogens with one attached hydrogen (secondary N) is 1. The van der Waals surface area contributed by atoms with Gasteiger partial charge in [-0.05, 0) is 38.5 Å². The van der Waals surface area contributed by atoms with Gasteiger partial charge in [0.2, 0.25) is 5.91 Å². The number of ketones is 1. The van der Waals surface area contributed by atoms with Gasteiger partial charge in [0.05, 0.1) is 13.7 Å². The Balaban J connectivity index is 1.79. The number of aryl methyl sites for hydroxylation is 1. The summed E-state index contributed by atoms with van der Waals surface area (Å²) in [6.07, 6.45) is 2.63. The molecule has 0 aliphatic rings. The quantitative estimate of drug-likeness (QED) is 0.584. The molecular formula is C17H20N2O4S. The third-order valence-corrected chi connectivity index (χ3v) is 4.07. The second-order valence-corrected chi connectivity index (χ2v) is 6.43. The Morgan fingerprint density at radius 1 is 1.29 bits per heavy atom. The van der Waals surface area contributed by atoms with Crippen LogP contribution in [0.4, 0.5) is 5.13 Å². The fourth-order valence-corrected chi connectivity index (χ4v) is 2.70. The van der Waals surface area contributed by atoms with Crippen LogP contribution in [0.2, 0.25) is 0 Å². The number of ether oxygens (including phenoxy) is 2. The minimum atomic E-state index is -0.0909. The van der Waals surface area contributed by atoms with Gasteiger partial charge in [-0.3, -0.25) is 9.59 Å². The zero-order valence-corrected chi connectivity index (χ0v) is 14.7. The summed E-state index contributed by atoms with van der Waals surface area (Å²) >= 11 is 1.44. The number of amides is 1. The molecule has 1 N–H and O–H groups in total. The van der Waals surface area contributed by atoms with E-state index in [-0.39, 0.29) is 11.7 Å². The Hall–Kier alpha value is -2.41. The number of benzene rings is 1. The summed E-state index contributed by atoms with van der Waals surface area (Å²) in [5.74, 6) is 0.935. The number of hydrogen-bond acceptors (Lipinski definition) is 6. The van der Waals surface area contributed by atoms with E-state index in [0.29, 0.717) is 41.6 Å². The van der Waals surface area contributed by atoms with Crippen molar-refractivity contribution in [3.05, 3.63) is 34.8 Å². The highest BCUT2D eigenvalue weighted by Crippen LogP contribution is 2.28. The van der Waals surface area contributed by atoms with Gasteiger partial charge in [-0.2, -0.15) is 0 Å². The van der Waals surface area contributed by atoms with Gasteiger partial charge in [-0.15, -0.1) is 11.3 Å². The lowest BCUT2D eigenvalue weighted by molar-refractivity contribution is -0.116. The highest BCUT2D eigenvalue weighted by molar-refractivity contribution is 7.15. The van der Waals surface area contributed by atoms with E-state index in [0.717, 1.165) is 4.88 Å². The first-order chi connectivity index (χ1) is 11.5. The number of anilines is 1. The SMILES string of the molecule is COc1cc(C(C)=O)ccc1OCCCC(=O)Nc1ncc(C)s1. The average Bonchev–Trinajstić information content (AvgIpc) is 2.96. The lowest BCUT2D eigenvalue weighted by Gasteiger charge is -2.11. The summed E-state index contributed by atoms with van der Waals surface area (Å²) in [6, 6.07) is 5.04. The molecule has 2 rings (SSSR count). The molecule has 0 bridgehead atoms. The van der Waals surface area contributed by atoms with E-state index in [4.69, 9.17) is 9.47 Å². The summed E-state index contributed by atoms with van der Waals surface area (Å²) in [6.45, 7) is 3.81. The predicted octanol–water partition coefficient (Wildman–Crippen LogP) is 3.46. The van der Waals surface area contributed by atoms with Crippen molar-refractivity contribution in [3.8, 4) is 11.5 Å². The first kappa shape index (κ1) is 17.9. The number of hydrogen-bond donors (Lipinski definition) is 1. The third-order valence-electron chi connectivity index (χ3n) is 3.24. The molecule has 1 heterocycles. The Bertz CT molecular complexity index is 727. The van der Waals surface area contributed by atoms with Crippen molar-refractivity contribution in [2.24, 2.45) is 0 Å². The van der Waals surface area contributed by atoms with Gasteiger partial charge in [-0.1, -0.05) is 0 Å². The zero-order chi connectivity index (χ0) is 17.5. The van der Waals surface area contributed by atoms with Crippen molar-refractivity contribution in [1.29, 1.82) is 0 Å². The number of rotatable bonds is 8. The number of methoxy groups -OCH3 is 1. The molecule has 1 aromatic carbocycles. The number of carbonyl (C=O) groups excluding carboxylic acids is 2. The molecule has 1 aromatic heterocycles. The lowest BCUT2D eigenvalue weighted by atomic mass is 10.1. The number of nitrogens with zero attached hydrogens (tertiary/aromatic N) is 1. The first-order valence-electron chi connectivity index (χ1n) is 7.53. The number of Topliss-reactive ketones (excluding diaryl/α,β-unsaturated/α-hetero) is 1. The van der Waals surface area contributed by atoms with E-state index in [1.165, 1.54) is 25.4 Å². The third kappa shape index (κ3) is 5.06. The van der Waals surface area contributed by atoms with E-state index in [1.54, 1.807) is 24.4 Å². The number of aromatic nitrogens is 1. The summed E-state index contributed by atoms with van der Waals surface area (Å²) in [5, 5.41) is 3.37. The van der Waals surface area contributed by atoms with Crippen molar-refractivity contribution < 1.29 is 19.1 Å². The Morgan fingerprint density at radius 2 is 2.08 bits per heavy atom. The summed E-state index contributed by atoms with van der Waals surface area (Å²) in [4.78, 5) is 28.3. The largest absolute Gasteiger partial charge is 0.493 e. The minimum absolute atomic E-state index is 0.0334. The van der Waals surface area contributed by atoms with Gasteiger partial charge < -0.3 is 14.8 Å². The van der Waals surface area contributed by atoms with Crippen molar-refractivity contribution in [2.75, 3.05) is 19.0 Å². The van der Waals surface area contributed by atoms with Crippen LogP contribution in [0.5, 0.6) is 11.5 Å². The van der Waals surface area contributed by atoms with Crippen molar-refractivity contribution in [2.45, 2.75) is 26.7 Å². The molecule has 7 heteroatoms. The van der Waals surface area contributed by atoms with Crippen LogP contribution in [0.15, 0.2) is 24.4 Å². The molecule has 0 saturated carbocycles. The molecule has 2 aromatic rings. The molecule has 0 atom stereocenters. The standard InChI is InChI=1S/C17H20N2O4S/c1-11-10-18-17(24-11)19-16(21)5-4-8-23-14-7-6-13(12(2)20)9-15(14)22-3/h6-7,9-10H,4-5,8H2,1-3H3,(H,18,19,21). The van der Waals surface area contributed by atoms with Crippen LogP contribution in [0.3, 0.4) is 0 Å². The molecule has 0 radical (unpaired) electrons. The topological polar surface area (TPSA) is 77.5 Å². The van der Waals surface area contributed by atoms with Gasteiger partial charge in [0.15, 0.2) is 22.4 Å². The summed E-state index contributed by atoms with van der Waals surface area (Å²) in [5.41, 5.74) is 0.567. The highest BCUT2D eigenvalue weighted by atomic mass is 32.1. The molecule has 1 amide bonds. The van der Waals surface area contributed by atoms with Crippen LogP contribution in [-0.4, -0.2) is 30.4 Å². The van der Waals surface area contributed by atoms with E-state index in [2.05, 4.69) is 10.3 Å². The molecule has 0 aliphatic carbocycles. The second kappa shape index (κ2) is 8.44. The molecule has 128 valence electrons. The van der Waals surface area contributed by atoms with Crippen LogP contribution < -0.4 is 14.8 Å². The van der Waals surface area contributed by atoms with Crippen LogP contribution >= 0.6 is 11.3 Å². The molecule has 0 unspecified atom stereocenters. The highest BCUT2D eigenvalue weighted by Gasteiger charge is 2.09. The molecule has 0 spiro atoms. The minimum Gasteiger partial charge on any atom is -0.493 e. The normalized spacial score (nSPS) is 10.3. The van der Waals surface area contributed by atoms with Crippen LogP contribution in [0, 0.1) is 6.92 Å². The van der Waals surface area contributed by atoms with E-state index in [9.17, 15) is 9.59 Å². The molecule has 0 fully saturated rings. The van der Waals surface area contributed by atoms with Crippen LogP contribution in [0.25, 0.3) is 0 Å². The zero-order valence-electron chi connectivity index (χ0n) is 13.9. The maximum atomic E-state index is 11.8. The Kier molecular flexibility index (Phi) is 6.31. The van der Waals surface area contributed by atoms with E-state index < -0.39 is 0 Å². The Labute approximate surface area is 144 Å². The monoisotopic (exact) mass is 348 g/mol. The maximum Gasteiger partial charge on any atom is 0.226 e. The molecule has 6 nitrogen and oxygen atoms in total. The van der Waals surface area contributed by atoms with Crippen LogP contribution in [-0.2, 0) is 4.79 Å². The summed E-state index contributed by atoms with van der Waals surface area (Å²) in [7, 11) is 1.52. The van der Waals surface area contributed by atoms with Crippen molar-refractivity contribution in [3.63, 3.8) is 0 Å². The fourth-order valence-electron chi connectivity index (χ4n) is 2.01. The van der Waals surface area contributed by atoms with Crippen molar-refractivity contribution >= 4 is 28.2 Å². The number of carbonyl (C=O) groups is 2. The molecule has 0 saturated heterocycles. The molecular weight excluding hydrogens is 328 g/mol. The van der Waals surface area contributed by atoms with E-state index >= 15 is 0 Å². The van der Waals surface area contributed by atoms with Gasteiger partial charge in [0.25, 0.3) is 0 Å². The average molecular weight is 348 g/mol. The molecule has 24 heavy (non-hydrogen) atoms. The maximum absolute atomic E-state index is 11.8. The Morgan fingerprint density at radius 3 is 2.71 bits per heavy atom. The number of thiazole rings is 1. The van der Waals surface area contributed by atoms with Crippen molar-refractivity contribution in [1.82, 2.24) is 4.98 Å². The van der Waals surface area contributed by atoms with Gasteiger partial charge >= 0.3 is 0 Å². The lowest BCUT2D eigenvalue weighted by Crippen LogP contribution is -2.12.